The highest BCUT2D eigenvalue weighted by Gasteiger charge is 2.36. The summed E-state index contributed by atoms with van der Waals surface area (Å²) in [5.41, 5.74) is 2.76. The lowest BCUT2D eigenvalue weighted by atomic mass is 9.90. The third-order valence-electron chi connectivity index (χ3n) is 5.10. The van der Waals surface area contributed by atoms with E-state index in [1.807, 2.05) is 24.3 Å². The molecule has 0 radical (unpaired) electrons. The van der Waals surface area contributed by atoms with Gasteiger partial charge in [-0.2, -0.15) is 0 Å². The smallest absolute Gasteiger partial charge is 0.409 e. The van der Waals surface area contributed by atoms with E-state index in [1.54, 1.807) is 17.0 Å². The first-order valence-electron chi connectivity index (χ1n) is 9.43. The second-order valence-corrected chi connectivity index (χ2v) is 9.06. The highest BCUT2D eigenvalue weighted by atomic mass is 32.2. The van der Waals surface area contributed by atoms with Crippen molar-refractivity contribution < 1.29 is 22.3 Å². The van der Waals surface area contributed by atoms with Gasteiger partial charge in [-0.3, -0.25) is 0 Å². The van der Waals surface area contributed by atoms with Crippen molar-refractivity contribution in [2.45, 2.75) is 31.3 Å². The van der Waals surface area contributed by atoms with Crippen LogP contribution in [0.5, 0.6) is 0 Å². The fourth-order valence-corrected chi connectivity index (χ4v) is 4.65. The maximum atomic E-state index is 13.2. The van der Waals surface area contributed by atoms with Crippen molar-refractivity contribution in [1.29, 1.82) is 0 Å². The quantitative estimate of drug-likeness (QED) is 0.806. The topological polar surface area (TPSA) is 75.7 Å². The largest absolute Gasteiger partial charge is 0.453 e. The Hall–Kier alpha value is -2.45. The molecule has 0 saturated carbocycles. The van der Waals surface area contributed by atoms with Gasteiger partial charge in [-0.15, -0.1) is 0 Å². The molecule has 3 rings (SSSR count). The number of nitrogens with one attached hydrogen (secondary N) is 1. The fourth-order valence-electron chi connectivity index (χ4n) is 3.83. The van der Waals surface area contributed by atoms with Crippen LogP contribution < -0.4 is 4.72 Å². The first-order valence-corrected chi connectivity index (χ1v) is 11.3. The number of amides is 1. The van der Waals surface area contributed by atoms with Crippen LogP contribution in [0, 0.1) is 5.82 Å². The number of carbonyl (C=O) groups excluding carboxylic acids is 1. The molecule has 0 unspecified atom stereocenters. The molecule has 8 heteroatoms. The standard InChI is InChI=1S/C21H25FN2O4S/c1-28-21(25)24-12-4-7-19(23-29(2,26)27)20(24)14-15-5-3-6-17(13-15)16-8-10-18(22)11-9-16/h3,5-6,8-11,13,19-20,23H,4,7,12,14H2,1-2H3/t19-,20-/m0/s1. The number of hydrogen-bond donors (Lipinski definition) is 1. The minimum absolute atomic E-state index is 0.296. The number of ether oxygens (including phenoxy) is 1. The lowest BCUT2D eigenvalue weighted by molar-refractivity contribution is 0.0792. The Kier molecular flexibility index (Phi) is 6.54. The molecule has 1 fully saturated rings. The number of rotatable bonds is 5. The summed E-state index contributed by atoms with van der Waals surface area (Å²) in [6, 6.07) is 13.2. The minimum atomic E-state index is -3.42. The summed E-state index contributed by atoms with van der Waals surface area (Å²) in [7, 11) is -2.10. The maximum absolute atomic E-state index is 13.2. The zero-order valence-corrected chi connectivity index (χ0v) is 17.3. The first-order chi connectivity index (χ1) is 13.8. The number of sulfonamides is 1. The van der Waals surface area contributed by atoms with E-state index in [9.17, 15) is 17.6 Å². The van der Waals surface area contributed by atoms with Gasteiger partial charge in [0.1, 0.15) is 5.82 Å². The van der Waals surface area contributed by atoms with Crippen molar-refractivity contribution >= 4 is 16.1 Å². The van der Waals surface area contributed by atoms with Gasteiger partial charge in [0.15, 0.2) is 0 Å². The van der Waals surface area contributed by atoms with E-state index >= 15 is 0 Å². The van der Waals surface area contributed by atoms with Crippen LogP contribution in [-0.4, -0.2) is 51.4 Å². The summed E-state index contributed by atoms with van der Waals surface area (Å²) in [6.45, 7) is 0.511. The Morgan fingerprint density at radius 1 is 1.21 bits per heavy atom. The molecule has 0 aromatic heterocycles. The normalized spacial score (nSPS) is 19.8. The average molecular weight is 421 g/mol. The second kappa shape index (κ2) is 8.92. The van der Waals surface area contributed by atoms with Gasteiger partial charge in [0.2, 0.25) is 10.0 Å². The number of methoxy groups -OCH3 is 1. The highest BCUT2D eigenvalue weighted by molar-refractivity contribution is 7.88. The molecule has 6 nitrogen and oxygen atoms in total. The molecule has 0 spiro atoms. The SMILES string of the molecule is COC(=O)N1CCC[C@H](NS(C)(=O)=O)[C@@H]1Cc1cccc(-c2ccc(F)cc2)c1. The van der Waals surface area contributed by atoms with Crippen molar-refractivity contribution in [3.8, 4) is 11.1 Å². The van der Waals surface area contributed by atoms with E-state index in [4.69, 9.17) is 4.74 Å². The summed E-state index contributed by atoms with van der Waals surface area (Å²) in [5.74, 6) is -0.296. The number of halogens is 1. The average Bonchev–Trinajstić information content (AvgIpc) is 2.68. The van der Waals surface area contributed by atoms with E-state index in [-0.39, 0.29) is 11.9 Å². The number of carbonyl (C=O) groups is 1. The Balaban J connectivity index is 1.89. The molecule has 1 aliphatic heterocycles. The third-order valence-corrected chi connectivity index (χ3v) is 5.83. The van der Waals surface area contributed by atoms with Gasteiger partial charge in [0, 0.05) is 12.6 Å². The zero-order chi connectivity index (χ0) is 21.0. The van der Waals surface area contributed by atoms with Crippen molar-refractivity contribution in [2.24, 2.45) is 0 Å². The molecule has 156 valence electrons. The number of likely N-dealkylation sites (tertiary alicyclic amines) is 1. The van der Waals surface area contributed by atoms with Crippen molar-refractivity contribution in [1.82, 2.24) is 9.62 Å². The predicted octanol–water partition coefficient (Wildman–Crippen LogP) is 3.18. The number of nitrogens with zero attached hydrogens (tertiary/aromatic N) is 1. The van der Waals surface area contributed by atoms with Gasteiger partial charge in [-0.05, 0) is 48.1 Å². The van der Waals surface area contributed by atoms with E-state index in [0.717, 1.165) is 22.9 Å². The molecule has 1 aliphatic rings. The zero-order valence-electron chi connectivity index (χ0n) is 16.5. The minimum Gasteiger partial charge on any atom is -0.453 e. The molecular weight excluding hydrogens is 395 g/mol. The number of piperidine rings is 1. The van der Waals surface area contributed by atoms with E-state index < -0.39 is 22.2 Å². The van der Waals surface area contributed by atoms with E-state index in [2.05, 4.69) is 4.72 Å². The lowest BCUT2D eigenvalue weighted by Crippen LogP contribution is -2.57. The summed E-state index contributed by atoms with van der Waals surface area (Å²) >= 11 is 0. The number of benzene rings is 2. The number of hydrogen-bond acceptors (Lipinski definition) is 4. The predicted molar refractivity (Wildman–Crippen MR) is 109 cm³/mol. The van der Waals surface area contributed by atoms with Gasteiger partial charge in [0.25, 0.3) is 0 Å². The maximum Gasteiger partial charge on any atom is 0.409 e. The molecule has 29 heavy (non-hydrogen) atoms. The molecule has 0 aliphatic carbocycles. The molecule has 2 atom stereocenters. The summed E-state index contributed by atoms with van der Waals surface area (Å²) in [6.07, 6.45) is 2.45. The molecule has 1 saturated heterocycles. The molecule has 2 aromatic carbocycles. The van der Waals surface area contributed by atoms with Crippen molar-refractivity contribution in [2.75, 3.05) is 19.9 Å². The summed E-state index contributed by atoms with van der Waals surface area (Å²) < 4.78 is 44.5. The Bertz CT molecular complexity index is 963. The summed E-state index contributed by atoms with van der Waals surface area (Å²) in [5, 5.41) is 0. The molecule has 0 bridgehead atoms. The molecule has 1 heterocycles. The van der Waals surface area contributed by atoms with Gasteiger partial charge in [-0.1, -0.05) is 36.4 Å². The van der Waals surface area contributed by atoms with Gasteiger partial charge < -0.3 is 9.64 Å². The van der Waals surface area contributed by atoms with Crippen LogP contribution in [0.25, 0.3) is 11.1 Å². The lowest BCUT2D eigenvalue weighted by Gasteiger charge is -2.40. The molecule has 1 N–H and O–H groups in total. The Morgan fingerprint density at radius 2 is 1.93 bits per heavy atom. The third kappa shape index (κ3) is 5.55. The van der Waals surface area contributed by atoms with Crippen LogP contribution in [0.15, 0.2) is 48.5 Å². The highest BCUT2D eigenvalue weighted by Crippen LogP contribution is 2.26. The first kappa shape index (κ1) is 21.3. The Labute approximate surface area is 170 Å². The van der Waals surface area contributed by atoms with Crippen LogP contribution in [0.3, 0.4) is 0 Å². The van der Waals surface area contributed by atoms with Crippen LogP contribution in [0.2, 0.25) is 0 Å². The fraction of sp³-hybridized carbons (Fsp3) is 0.381. The molecular formula is C21H25FN2O4S. The van der Waals surface area contributed by atoms with E-state index in [0.29, 0.717) is 25.8 Å². The van der Waals surface area contributed by atoms with Crippen LogP contribution >= 0.6 is 0 Å². The van der Waals surface area contributed by atoms with E-state index in [1.165, 1.54) is 19.2 Å². The van der Waals surface area contributed by atoms with Crippen LogP contribution in [0.1, 0.15) is 18.4 Å². The second-order valence-electron chi connectivity index (χ2n) is 7.28. The van der Waals surface area contributed by atoms with Crippen molar-refractivity contribution in [3.63, 3.8) is 0 Å². The molecule has 2 aromatic rings. The monoisotopic (exact) mass is 420 g/mol. The van der Waals surface area contributed by atoms with Gasteiger partial charge in [0.05, 0.1) is 19.4 Å². The van der Waals surface area contributed by atoms with Crippen LogP contribution in [-0.2, 0) is 21.2 Å². The van der Waals surface area contributed by atoms with Gasteiger partial charge in [-0.25, -0.2) is 22.3 Å². The van der Waals surface area contributed by atoms with Crippen LogP contribution in [0.4, 0.5) is 9.18 Å². The summed E-state index contributed by atoms with van der Waals surface area (Å²) in [4.78, 5) is 13.9. The van der Waals surface area contributed by atoms with Gasteiger partial charge >= 0.3 is 6.09 Å². The van der Waals surface area contributed by atoms with Crippen molar-refractivity contribution in [3.05, 3.63) is 59.9 Å². The molecule has 1 amide bonds. The Morgan fingerprint density at radius 3 is 2.59 bits per heavy atom.